The standard InChI is InChI=1S/C23H29FN2O2/c24-19-12-10-18(11-13-19)22-23(28)26(20-8-4-5-9-20)16-21(27)25(22)15-14-17-6-2-1-3-7-17/h6,10-13,20,22H,1-5,7-9,14-16H2. The Bertz CT molecular complexity index is 752. The van der Waals surface area contributed by atoms with Crippen LogP contribution in [0, 0.1) is 5.82 Å². The van der Waals surface area contributed by atoms with E-state index in [9.17, 15) is 14.0 Å². The molecule has 150 valence electrons. The molecule has 5 heteroatoms. The molecule has 0 N–H and O–H groups in total. The largest absolute Gasteiger partial charge is 0.328 e. The molecule has 4 rings (SSSR count). The van der Waals surface area contributed by atoms with Crippen molar-refractivity contribution in [3.8, 4) is 0 Å². The molecular weight excluding hydrogens is 355 g/mol. The molecular formula is C23H29FN2O2. The zero-order valence-electron chi connectivity index (χ0n) is 16.4. The Morgan fingerprint density at radius 2 is 1.75 bits per heavy atom. The first-order valence-corrected chi connectivity index (χ1v) is 10.7. The Morgan fingerprint density at radius 1 is 1.00 bits per heavy atom. The molecule has 4 nitrogen and oxygen atoms in total. The number of hydrogen-bond acceptors (Lipinski definition) is 2. The number of nitrogens with zero attached hydrogens (tertiary/aromatic N) is 2. The first-order chi connectivity index (χ1) is 13.6. The van der Waals surface area contributed by atoms with Gasteiger partial charge in [0.1, 0.15) is 18.4 Å². The lowest BCUT2D eigenvalue weighted by molar-refractivity contribution is -0.158. The van der Waals surface area contributed by atoms with E-state index in [0.29, 0.717) is 12.1 Å². The minimum Gasteiger partial charge on any atom is -0.328 e. The highest BCUT2D eigenvalue weighted by Crippen LogP contribution is 2.33. The van der Waals surface area contributed by atoms with Crippen LogP contribution in [0.4, 0.5) is 4.39 Å². The molecule has 0 radical (unpaired) electrons. The number of carbonyl (C=O) groups excluding carboxylic acids is 2. The number of benzene rings is 1. The van der Waals surface area contributed by atoms with Crippen LogP contribution in [0.25, 0.3) is 0 Å². The second-order valence-electron chi connectivity index (χ2n) is 8.30. The number of halogens is 1. The second-order valence-corrected chi connectivity index (χ2v) is 8.30. The third-order valence-corrected chi connectivity index (χ3v) is 6.46. The van der Waals surface area contributed by atoms with E-state index in [2.05, 4.69) is 6.08 Å². The van der Waals surface area contributed by atoms with Crippen molar-refractivity contribution < 1.29 is 14.0 Å². The van der Waals surface area contributed by atoms with Gasteiger partial charge in [-0.2, -0.15) is 0 Å². The van der Waals surface area contributed by atoms with Gasteiger partial charge in [0.2, 0.25) is 5.91 Å². The van der Waals surface area contributed by atoms with Crippen LogP contribution >= 0.6 is 0 Å². The highest BCUT2D eigenvalue weighted by molar-refractivity contribution is 5.95. The number of amides is 2. The molecule has 1 saturated carbocycles. The van der Waals surface area contributed by atoms with Gasteiger partial charge in [-0.25, -0.2) is 4.39 Å². The topological polar surface area (TPSA) is 40.6 Å². The van der Waals surface area contributed by atoms with Crippen molar-refractivity contribution >= 4 is 11.8 Å². The van der Waals surface area contributed by atoms with Gasteiger partial charge in [0.25, 0.3) is 5.91 Å². The van der Waals surface area contributed by atoms with Gasteiger partial charge < -0.3 is 9.80 Å². The number of hydrogen-bond donors (Lipinski definition) is 0. The Morgan fingerprint density at radius 3 is 2.43 bits per heavy atom. The first-order valence-electron chi connectivity index (χ1n) is 10.7. The maximum absolute atomic E-state index is 13.5. The highest BCUT2D eigenvalue weighted by Gasteiger charge is 2.43. The third-order valence-electron chi connectivity index (χ3n) is 6.46. The molecule has 1 aliphatic heterocycles. The summed E-state index contributed by atoms with van der Waals surface area (Å²) in [5.74, 6) is -0.321. The van der Waals surface area contributed by atoms with Gasteiger partial charge in [-0.1, -0.05) is 36.6 Å². The van der Waals surface area contributed by atoms with E-state index in [4.69, 9.17) is 0 Å². The van der Waals surface area contributed by atoms with Crippen molar-refractivity contribution in [2.75, 3.05) is 13.1 Å². The molecule has 3 aliphatic rings. The van der Waals surface area contributed by atoms with Crippen molar-refractivity contribution in [1.82, 2.24) is 9.80 Å². The van der Waals surface area contributed by atoms with E-state index in [0.717, 1.165) is 44.9 Å². The fraction of sp³-hybridized carbons (Fsp3) is 0.565. The van der Waals surface area contributed by atoms with E-state index < -0.39 is 6.04 Å². The Kier molecular flexibility index (Phi) is 5.79. The van der Waals surface area contributed by atoms with Gasteiger partial charge in [-0.05, 0) is 62.6 Å². The van der Waals surface area contributed by atoms with Crippen molar-refractivity contribution in [2.45, 2.75) is 69.9 Å². The quantitative estimate of drug-likeness (QED) is 0.707. The van der Waals surface area contributed by atoms with Crippen molar-refractivity contribution in [3.05, 3.63) is 47.3 Å². The molecule has 1 unspecified atom stereocenters. The van der Waals surface area contributed by atoms with Crippen molar-refractivity contribution in [1.29, 1.82) is 0 Å². The summed E-state index contributed by atoms with van der Waals surface area (Å²) in [6, 6.07) is 5.59. The number of carbonyl (C=O) groups is 2. The van der Waals surface area contributed by atoms with Crippen molar-refractivity contribution in [2.24, 2.45) is 0 Å². The second kappa shape index (κ2) is 8.46. The molecule has 0 bridgehead atoms. The average Bonchev–Trinajstić information content (AvgIpc) is 3.24. The maximum atomic E-state index is 13.5. The number of allylic oxidation sites excluding steroid dienone is 1. The molecule has 1 atom stereocenters. The van der Waals surface area contributed by atoms with E-state index in [1.165, 1.54) is 30.5 Å². The molecule has 1 aromatic carbocycles. The smallest absolute Gasteiger partial charge is 0.250 e. The lowest BCUT2D eigenvalue weighted by Crippen LogP contribution is -2.58. The Balaban J connectivity index is 1.58. The summed E-state index contributed by atoms with van der Waals surface area (Å²) in [6.45, 7) is 0.733. The van der Waals surface area contributed by atoms with Crippen LogP contribution in [-0.4, -0.2) is 40.7 Å². The normalized spacial score (nSPS) is 24.0. The van der Waals surface area contributed by atoms with Crippen LogP contribution in [0.1, 0.15) is 69.4 Å². The molecule has 1 heterocycles. The summed E-state index contributed by atoms with van der Waals surface area (Å²) in [5, 5.41) is 0. The van der Waals surface area contributed by atoms with Gasteiger partial charge in [-0.15, -0.1) is 0 Å². The molecule has 1 saturated heterocycles. The maximum Gasteiger partial charge on any atom is 0.250 e. The van der Waals surface area contributed by atoms with Crippen LogP contribution in [0.15, 0.2) is 35.9 Å². The molecule has 2 amide bonds. The van der Waals surface area contributed by atoms with E-state index >= 15 is 0 Å². The summed E-state index contributed by atoms with van der Waals surface area (Å²) in [5.41, 5.74) is 2.10. The Labute approximate surface area is 166 Å². The predicted octanol–water partition coefficient (Wildman–Crippen LogP) is 4.37. The summed E-state index contributed by atoms with van der Waals surface area (Å²) in [7, 11) is 0. The van der Waals surface area contributed by atoms with Crippen LogP contribution in [0.5, 0.6) is 0 Å². The predicted molar refractivity (Wildman–Crippen MR) is 106 cm³/mol. The molecule has 28 heavy (non-hydrogen) atoms. The van der Waals surface area contributed by atoms with Crippen LogP contribution in [0.3, 0.4) is 0 Å². The zero-order valence-corrected chi connectivity index (χ0v) is 16.4. The molecule has 0 spiro atoms. The SMILES string of the molecule is O=C1C(c2ccc(F)cc2)N(CCC2=CCCCC2)C(=O)CN1C1CCCC1. The monoisotopic (exact) mass is 384 g/mol. The van der Waals surface area contributed by atoms with Crippen LogP contribution in [-0.2, 0) is 9.59 Å². The fourth-order valence-electron chi connectivity index (χ4n) is 4.89. The molecule has 2 fully saturated rings. The first kappa shape index (κ1) is 19.2. The van der Waals surface area contributed by atoms with Gasteiger partial charge in [0, 0.05) is 12.6 Å². The summed E-state index contributed by atoms with van der Waals surface area (Å²) in [4.78, 5) is 30.0. The van der Waals surface area contributed by atoms with Gasteiger partial charge in [0.15, 0.2) is 0 Å². The molecule has 2 aliphatic carbocycles. The summed E-state index contributed by atoms with van der Waals surface area (Å²) < 4.78 is 13.5. The lowest BCUT2D eigenvalue weighted by Gasteiger charge is -2.43. The van der Waals surface area contributed by atoms with Crippen LogP contribution in [0.2, 0.25) is 0 Å². The fourth-order valence-corrected chi connectivity index (χ4v) is 4.89. The summed E-state index contributed by atoms with van der Waals surface area (Å²) >= 11 is 0. The van der Waals surface area contributed by atoms with Gasteiger partial charge in [-0.3, -0.25) is 9.59 Å². The number of rotatable bonds is 5. The summed E-state index contributed by atoms with van der Waals surface area (Å²) in [6.07, 6.45) is 11.9. The Hall–Kier alpha value is -2.17. The number of piperazine rings is 1. The average molecular weight is 384 g/mol. The minimum atomic E-state index is -0.633. The van der Waals surface area contributed by atoms with Gasteiger partial charge in [0.05, 0.1) is 0 Å². The van der Waals surface area contributed by atoms with E-state index in [1.807, 2.05) is 0 Å². The molecule has 0 aromatic heterocycles. The van der Waals surface area contributed by atoms with Gasteiger partial charge >= 0.3 is 0 Å². The van der Waals surface area contributed by atoms with Crippen LogP contribution < -0.4 is 0 Å². The zero-order chi connectivity index (χ0) is 19.5. The van der Waals surface area contributed by atoms with E-state index in [-0.39, 0.29) is 30.2 Å². The minimum absolute atomic E-state index is 0.00395. The molecule has 1 aromatic rings. The van der Waals surface area contributed by atoms with Crippen molar-refractivity contribution in [3.63, 3.8) is 0 Å². The highest BCUT2D eigenvalue weighted by atomic mass is 19.1. The lowest BCUT2D eigenvalue weighted by atomic mass is 9.95. The van der Waals surface area contributed by atoms with E-state index in [1.54, 1.807) is 21.9 Å². The third kappa shape index (κ3) is 3.98.